The Morgan fingerprint density at radius 2 is 2.15 bits per heavy atom. The number of anilines is 1. The zero-order chi connectivity index (χ0) is 14.7. The molecule has 0 saturated carbocycles. The average molecular weight is 273 g/mol. The molecule has 5 heteroatoms. The quantitative estimate of drug-likeness (QED) is 0.799. The minimum absolute atomic E-state index is 0.209. The number of nitrogens with zero attached hydrogens (tertiary/aromatic N) is 3. The third-order valence-electron chi connectivity index (χ3n) is 3.36. The molecule has 0 N–H and O–H groups in total. The number of benzene rings is 1. The van der Waals surface area contributed by atoms with Gasteiger partial charge in [-0.3, -0.25) is 4.79 Å². The van der Waals surface area contributed by atoms with Crippen LogP contribution >= 0.6 is 0 Å². The molecule has 0 bridgehead atoms. The van der Waals surface area contributed by atoms with E-state index < -0.39 is 0 Å². The lowest BCUT2D eigenvalue weighted by Gasteiger charge is -2.22. The molecule has 20 heavy (non-hydrogen) atoms. The molecule has 0 amide bonds. The summed E-state index contributed by atoms with van der Waals surface area (Å²) in [4.78, 5) is 22.2. The number of methoxy groups -OCH3 is 1. The van der Waals surface area contributed by atoms with Crippen molar-refractivity contribution in [1.29, 1.82) is 0 Å². The number of fused-ring (bicyclic) bond motifs is 1. The van der Waals surface area contributed by atoms with Crippen LogP contribution in [0.15, 0.2) is 24.5 Å². The van der Waals surface area contributed by atoms with Crippen LogP contribution in [0.25, 0.3) is 10.9 Å². The van der Waals surface area contributed by atoms with Crippen molar-refractivity contribution in [3.63, 3.8) is 0 Å². The normalized spacial score (nSPS) is 12.2. The van der Waals surface area contributed by atoms with Crippen molar-refractivity contribution in [2.45, 2.75) is 13.8 Å². The van der Waals surface area contributed by atoms with E-state index in [0.717, 1.165) is 22.3 Å². The number of carbonyl (C=O) groups excluding carboxylic acids is 1. The highest BCUT2D eigenvalue weighted by Gasteiger charge is 2.18. The molecule has 1 unspecified atom stereocenters. The monoisotopic (exact) mass is 273 g/mol. The molecule has 5 nitrogen and oxygen atoms in total. The molecule has 106 valence electrons. The van der Waals surface area contributed by atoms with Crippen LogP contribution in [0.2, 0.25) is 0 Å². The summed E-state index contributed by atoms with van der Waals surface area (Å²) in [7, 11) is 3.33. The molecule has 2 aromatic rings. The van der Waals surface area contributed by atoms with Crippen LogP contribution in [0.4, 0.5) is 5.82 Å². The number of hydrogen-bond acceptors (Lipinski definition) is 5. The first-order valence-corrected chi connectivity index (χ1v) is 6.54. The maximum atomic E-state index is 11.5. The van der Waals surface area contributed by atoms with Crippen LogP contribution in [-0.2, 0) is 9.53 Å². The number of ether oxygens (including phenoxy) is 1. The summed E-state index contributed by atoms with van der Waals surface area (Å²) in [6.07, 6.45) is 1.55. The maximum Gasteiger partial charge on any atom is 0.310 e. The molecule has 0 aliphatic rings. The van der Waals surface area contributed by atoms with Crippen LogP contribution in [0.1, 0.15) is 12.5 Å². The molecule has 0 fully saturated rings. The van der Waals surface area contributed by atoms with Crippen molar-refractivity contribution in [3.05, 3.63) is 30.1 Å². The van der Waals surface area contributed by atoms with E-state index in [0.29, 0.717) is 6.54 Å². The predicted octanol–water partition coefficient (Wildman–Crippen LogP) is 2.18. The molecular formula is C15H19N3O2. The second kappa shape index (κ2) is 5.86. The molecule has 0 aliphatic heterocycles. The minimum Gasteiger partial charge on any atom is -0.469 e. The van der Waals surface area contributed by atoms with E-state index >= 15 is 0 Å². The van der Waals surface area contributed by atoms with Crippen molar-refractivity contribution in [2.24, 2.45) is 5.92 Å². The molecular weight excluding hydrogens is 254 g/mol. The second-order valence-electron chi connectivity index (χ2n) is 4.97. The van der Waals surface area contributed by atoms with E-state index in [9.17, 15) is 4.79 Å². The summed E-state index contributed by atoms with van der Waals surface area (Å²) >= 11 is 0. The lowest BCUT2D eigenvalue weighted by molar-refractivity contribution is -0.144. The first kappa shape index (κ1) is 14.2. The fraction of sp³-hybridized carbons (Fsp3) is 0.400. The number of esters is 1. The summed E-state index contributed by atoms with van der Waals surface area (Å²) in [6, 6.07) is 5.98. The van der Waals surface area contributed by atoms with Gasteiger partial charge < -0.3 is 9.64 Å². The summed E-state index contributed by atoms with van der Waals surface area (Å²) in [5.41, 5.74) is 2.03. The van der Waals surface area contributed by atoms with Crippen molar-refractivity contribution in [3.8, 4) is 0 Å². The summed E-state index contributed by atoms with van der Waals surface area (Å²) < 4.78 is 4.76. The minimum atomic E-state index is -0.216. The van der Waals surface area contributed by atoms with E-state index in [2.05, 4.69) is 9.97 Å². The van der Waals surface area contributed by atoms with Crippen molar-refractivity contribution in [2.75, 3.05) is 25.6 Å². The van der Waals surface area contributed by atoms with Gasteiger partial charge in [-0.25, -0.2) is 9.97 Å². The number of aryl methyl sites for hydroxylation is 1. The summed E-state index contributed by atoms with van der Waals surface area (Å²) in [5, 5.41) is 1.02. The molecule has 0 aliphatic carbocycles. The van der Waals surface area contributed by atoms with Gasteiger partial charge in [-0.1, -0.05) is 19.1 Å². The van der Waals surface area contributed by atoms with Gasteiger partial charge in [0.25, 0.3) is 0 Å². The van der Waals surface area contributed by atoms with Crippen molar-refractivity contribution >= 4 is 22.7 Å². The SMILES string of the molecule is COC(=O)C(C)CN(C)c1ncnc2cccc(C)c12. The Labute approximate surface area is 118 Å². The number of carbonyl (C=O) groups is 1. The van der Waals surface area contributed by atoms with Gasteiger partial charge in [-0.05, 0) is 18.6 Å². The molecule has 2 rings (SSSR count). The molecule has 1 atom stereocenters. The fourth-order valence-corrected chi connectivity index (χ4v) is 2.32. The van der Waals surface area contributed by atoms with Gasteiger partial charge >= 0.3 is 5.97 Å². The third kappa shape index (κ3) is 2.71. The van der Waals surface area contributed by atoms with Gasteiger partial charge in [0.05, 0.1) is 18.5 Å². The van der Waals surface area contributed by atoms with Crippen molar-refractivity contribution < 1.29 is 9.53 Å². The number of rotatable bonds is 4. The van der Waals surface area contributed by atoms with Gasteiger partial charge in [-0.15, -0.1) is 0 Å². The van der Waals surface area contributed by atoms with Crippen LogP contribution in [-0.4, -0.2) is 36.6 Å². The molecule has 1 heterocycles. The standard InChI is InChI=1S/C15H19N3O2/c1-10-6-5-7-12-13(10)14(17-9-16-12)18(3)8-11(2)15(19)20-4/h5-7,9,11H,8H2,1-4H3. The van der Waals surface area contributed by atoms with Gasteiger partial charge in [0.15, 0.2) is 0 Å². The molecule has 0 spiro atoms. The first-order valence-electron chi connectivity index (χ1n) is 6.54. The van der Waals surface area contributed by atoms with Gasteiger partial charge in [0, 0.05) is 19.0 Å². The van der Waals surface area contributed by atoms with Gasteiger partial charge in [0.1, 0.15) is 12.1 Å². The van der Waals surface area contributed by atoms with Crippen molar-refractivity contribution in [1.82, 2.24) is 9.97 Å². The van der Waals surface area contributed by atoms with Crippen LogP contribution < -0.4 is 4.90 Å². The second-order valence-corrected chi connectivity index (χ2v) is 4.97. The number of hydrogen-bond donors (Lipinski definition) is 0. The fourth-order valence-electron chi connectivity index (χ4n) is 2.32. The smallest absolute Gasteiger partial charge is 0.310 e. The predicted molar refractivity (Wildman–Crippen MR) is 78.7 cm³/mol. The summed E-state index contributed by atoms with van der Waals surface area (Å²) in [5.74, 6) is 0.412. The first-order chi connectivity index (χ1) is 9.54. The molecule has 1 aromatic heterocycles. The van der Waals surface area contributed by atoms with E-state index in [1.807, 2.05) is 44.0 Å². The van der Waals surface area contributed by atoms with E-state index in [4.69, 9.17) is 4.74 Å². The van der Waals surface area contributed by atoms with Crippen LogP contribution in [0, 0.1) is 12.8 Å². The summed E-state index contributed by atoms with van der Waals surface area (Å²) in [6.45, 7) is 4.43. The van der Waals surface area contributed by atoms with Gasteiger partial charge in [0.2, 0.25) is 0 Å². The van der Waals surface area contributed by atoms with E-state index in [-0.39, 0.29) is 11.9 Å². The zero-order valence-corrected chi connectivity index (χ0v) is 12.3. The van der Waals surface area contributed by atoms with Crippen LogP contribution in [0.3, 0.4) is 0 Å². The zero-order valence-electron chi connectivity index (χ0n) is 12.3. The number of aromatic nitrogens is 2. The van der Waals surface area contributed by atoms with Crippen LogP contribution in [0.5, 0.6) is 0 Å². The Kier molecular flexibility index (Phi) is 4.17. The Morgan fingerprint density at radius 3 is 2.85 bits per heavy atom. The largest absolute Gasteiger partial charge is 0.469 e. The Hall–Kier alpha value is -2.17. The molecule has 0 saturated heterocycles. The Balaban J connectivity index is 2.35. The van der Waals surface area contributed by atoms with E-state index in [1.54, 1.807) is 6.33 Å². The average Bonchev–Trinajstić information content (AvgIpc) is 2.46. The maximum absolute atomic E-state index is 11.5. The van der Waals surface area contributed by atoms with E-state index in [1.165, 1.54) is 7.11 Å². The highest BCUT2D eigenvalue weighted by molar-refractivity contribution is 5.92. The lowest BCUT2D eigenvalue weighted by Crippen LogP contribution is -2.30. The Bertz CT molecular complexity index is 622. The Morgan fingerprint density at radius 1 is 1.40 bits per heavy atom. The third-order valence-corrected chi connectivity index (χ3v) is 3.36. The highest BCUT2D eigenvalue weighted by Crippen LogP contribution is 2.25. The topological polar surface area (TPSA) is 55.3 Å². The lowest BCUT2D eigenvalue weighted by atomic mass is 10.1. The molecule has 0 radical (unpaired) electrons. The molecule has 1 aromatic carbocycles. The van der Waals surface area contributed by atoms with Gasteiger partial charge in [-0.2, -0.15) is 0 Å². The highest BCUT2D eigenvalue weighted by atomic mass is 16.5.